The van der Waals surface area contributed by atoms with Gasteiger partial charge in [-0.1, -0.05) is 18.2 Å². The fraction of sp³-hybridized carbons (Fsp3) is 0.375. The number of nitrogens with zero attached hydrogens (tertiary/aromatic N) is 3. The highest BCUT2D eigenvalue weighted by atomic mass is 32.2. The third kappa shape index (κ3) is 5.13. The molecule has 8 heteroatoms. The number of hydrogen-bond acceptors (Lipinski definition) is 6. The van der Waals surface area contributed by atoms with Gasteiger partial charge in [-0.2, -0.15) is 5.26 Å². The molecule has 2 aliphatic rings. The molecule has 0 aliphatic carbocycles. The van der Waals surface area contributed by atoms with Crippen molar-refractivity contribution in [1.82, 2.24) is 9.80 Å². The van der Waals surface area contributed by atoms with E-state index >= 15 is 0 Å². The van der Waals surface area contributed by atoms with Crippen molar-refractivity contribution in [3.8, 4) is 6.07 Å². The number of thioether (sulfide) groups is 1. The number of aliphatic hydroxyl groups excluding tert-OH is 1. The summed E-state index contributed by atoms with van der Waals surface area (Å²) in [5, 5.41) is 22.1. The highest BCUT2D eigenvalue weighted by Gasteiger charge is 2.28. The molecule has 0 radical (unpaired) electrons. The number of carbonyl (C=O) groups is 2. The molecule has 4 rings (SSSR count). The number of β-amino-alcohol motifs (C(OH)–C–C–N with tert-alkyl or cyclic N) is 1. The lowest BCUT2D eigenvalue weighted by Gasteiger charge is -2.32. The third-order valence-corrected chi connectivity index (χ3v) is 7.05. The summed E-state index contributed by atoms with van der Waals surface area (Å²) in [5.74, 6) is 0.322. The smallest absolute Gasteiger partial charge is 0.234 e. The predicted molar refractivity (Wildman–Crippen MR) is 123 cm³/mol. The van der Waals surface area contributed by atoms with Gasteiger partial charge >= 0.3 is 0 Å². The van der Waals surface area contributed by atoms with E-state index in [1.165, 1.54) is 11.8 Å². The van der Waals surface area contributed by atoms with E-state index in [9.17, 15) is 20.0 Å². The van der Waals surface area contributed by atoms with Crippen molar-refractivity contribution in [2.75, 3.05) is 37.8 Å². The average Bonchev–Trinajstić information content (AvgIpc) is 3.21. The van der Waals surface area contributed by atoms with E-state index in [-0.39, 0.29) is 30.4 Å². The first-order chi connectivity index (χ1) is 15.4. The minimum Gasteiger partial charge on any atom is -0.392 e. The Morgan fingerprint density at radius 1 is 1.38 bits per heavy atom. The van der Waals surface area contributed by atoms with E-state index in [0.29, 0.717) is 24.4 Å². The van der Waals surface area contributed by atoms with Crippen molar-refractivity contribution in [3.63, 3.8) is 0 Å². The van der Waals surface area contributed by atoms with Crippen LogP contribution in [0.2, 0.25) is 0 Å². The molecule has 2 N–H and O–H groups in total. The fourth-order valence-electron chi connectivity index (χ4n) is 4.20. The monoisotopic (exact) mass is 450 g/mol. The molecule has 2 heterocycles. The van der Waals surface area contributed by atoms with Gasteiger partial charge in [-0.25, -0.2) is 0 Å². The van der Waals surface area contributed by atoms with E-state index in [2.05, 4.69) is 16.3 Å². The van der Waals surface area contributed by atoms with Gasteiger partial charge in [0.2, 0.25) is 11.8 Å². The number of anilines is 1. The molecule has 1 fully saturated rings. The molecule has 0 saturated carbocycles. The van der Waals surface area contributed by atoms with Crippen molar-refractivity contribution in [3.05, 3.63) is 59.2 Å². The number of likely N-dealkylation sites (N-methyl/N-ethyl adjacent to an activating group) is 1. The van der Waals surface area contributed by atoms with Gasteiger partial charge in [-0.3, -0.25) is 14.5 Å². The normalized spacial score (nSPS) is 19.0. The van der Waals surface area contributed by atoms with E-state index in [1.807, 2.05) is 36.4 Å². The summed E-state index contributed by atoms with van der Waals surface area (Å²) in [6.45, 7) is 1.95. The number of benzene rings is 2. The number of carbonyl (C=O) groups excluding carboxylic acids is 2. The second-order valence-electron chi connectivity index (χ2n) is 8.30. The maximum atomic E-state index is 13.3. The Bertz CT molecular complexity index is 1070. The van der Waals surface area contributed by atoms with Gasteiger partial charge in [0.1, 0.15) is 0 Å². The lowest BCUT2D eigenvalue weighted by molar-refractivity contribution is -0.131. The quantitative estimate of drug-likeness (QED) is 0.702. The molecule has 166 valence electrons. The van der Waals surface area contributed by atoms with E-state index in [1.54, 1.807) is 18.0 Å². The molecule has 0 spiro atoms. The number of rotatable bonds is 6. The van der Waals surface area contributed by atoms with Crippen LogP contribution in [-0.4, -0.2) is 65.3 Å². The summed E-state index contributed by atoms with van der Waals surface area (Å²) >= 11 is 1.49. The summed E-state index contributed by atoms with van der Waals surface area (Å²) in [6, 6.07) is 15.0. The number of nitrogens with one attached hydrogen (secondary N) is 1. The maximum Gasteiger partial charge on any atom is 0.234 e. The van der Waals surface area contributed by atoms with Gasteiger partial charge in [0.25, 0.3) is 0 Å². The molecule has 0 bridgehead atoms. The first kappa shape index (κ1) is 22.3. The molecule has 2 aromatic carbocycles. The number of amides is 2. The number of hydrogen-bond donors (Lipinski definition) is 2. The zero-order valence-corrected chi connectivity index (χ0v) is 18.8. The lowest BCUT2D eigenvalue weighted by Crippen LogP contribution is -2.39. The van der Waals surface area contributed by atoms with Crippen LogP contribution in [0.1, 0.15) is 29.2 Å². The zero-order chi connectivity index (χ0) is 22.7. The van der Waals surface area contributed by atoms with E-state index < -0.39 is 0 Å². The van der Waals surface area contributed by atoms with Crippen LogP contribution in [-0.2, 0) is 16.0 Å². The van der Waals surface area contributed by atoms with Gasteiger partial charge < -0.3 is 15.3 Å². The highest BCUT2D eigenvalue weighted by molar-refractivity contribution is 8.00. The van der Waals surface area contributed by atoms with E-state index in [0.717, 1.165) is 34.7 Å². The van der Waals surface area contributed by atoms with Gasteiger partial charge in [0, 0.05) is 31.6 Å². The second kappa shape index (κ2) is 9.74. The van der Waals surface area contributed by atoms with E-state index in [4.69, 9.17) is 0 Å². The average molecular weight is 451 g/mol. The van der Waals surface area contributed by atoms with Crippen LogP contribution in [0, 0.1) is 11.3 Å². The Balaban J connectivity index is 1.53. The molecule has 2 amide bonds. The molecule has 1 saturated heterocycles. The topological polar surface area (TPSA) is 96.7 Å². The largest absolute Gasteiger partial charge is 0.392 e. The van der Waals surface area contributed by atoms with Crippen molar-refractivity contribution in [1.29, 1.82) is 5.26 Å². The zero-order valence-electron chi connectivity index (χ0n) is 18.0. The number of aliphatic hydroxyl groups is 1. The van der Waals surface area contributed by atoms with Gasteiger partial charge in [0.15, 0.2) is 0 Å². The summed E-state index contributed by atoms with van der Waals surface area (Å²) in [4.78, 5) is 29.8. The Hall–Kier alpha value is -2.86. The number of likely N-dealkylation sites (tertiary alicyclic amines) is 1. The minimum absolute atomic E-state index is 0.0340. The Labute approximate surface area is 192 Å². The van der Waals surface area contributed by atoms with Crippen molar-refractivity contribution in [2.45, 2.75) is 29.9 Å². The van der Waals surface area contributed by atoms with Crippen molar-refractivity contribution >= 4 is 29.3 Å². The first-order valence-electron chi connectivity index (χ1n) is 10.6. The van der Waals surface area contributed by atoms with Crippen LogP contribution in [0.5, 0.6) is 0 Å². The molecule has 2 aromatic rings. The molecule has 2 atom stereocenters. The molecular formula is C24H26N4O3S. The Kier molecular flexibility index (Phi) is 6.80. The Morgan fingerprint density at radius 2 is 2.22 bits per heavy atom. The molecule has 1 unspecified atom stereocenters. The maximum absolute atomic E-state index is 13.3. The van der Waals surface area contributed by atoms with Gasteiger partial charge in [-0.05, 0) is 41.8 Å². The van der Waals surface area contributed by atoms with Crippen LogP contribution in [0.25, 0.3) is 0 Å². The van der Waals surface area contributed by atoms with Gasteiger partial charge in [0.05, 0.1) is 41.6 Å². The summed E-state index contributed by atoms with van der Waals surface area (Å²) < 4.78 is 0. The van der Waals surface area contributed by atoms with Crippen LogP contribution in [0.3, 0.4) is 0 Å². The van der Waals surface area contributed by atoms with Crippen LogP contribution >= 0.6 is 11.8 Å². The molecule has 2 aliphatic heterocycles. The fourth-order valence-corrected chi connectivity index (χ4v) is 4.99. The summed E-state index contributed by atoms with van der Waals surface area (Å²) in [7, 11) is 1.79. The second-order valence-corrected chi connectivity index (χ2v) is 9.32. The molecule has 0 aromatic heterocycles. The Morgan fingerprint density at radius 3 is 2.97 bits per heavy atom. The SMILES string of the molecule is CN(C(=O)Cc1ccc2c(c1)NC(=O)CS2)[C@H](CN1CCC(O)C1)c1cccc(C#N)c1. The number of fused-ring (bicyclic) bond motifs is 1. The lowest BCUT2D eigenvalue weighted by atomic mass is 10.0. The summed E-state index contributed by atoms with van der Waals surface area (Å²) in [6.07, 6.45) is 0.591. The third-order valence-electron chi connectivity index (χ3n) is 5.97. The summed E-state index contributed by atoms with van der Waals surface area (Å²) in [5.41, 5.74) is 3.04. The highest BCUT2D eigenvalue weighted by Crippen LogP contribution is 2.32. The number of nitriles is 1. The first-order valence-corrected chi connectivity index (χ1v) is 11.6. The minimum atomic E-state index is -0.342. The molecule has 7 nitrogen and oxygen atoms in total. The van der Waals surface area contributed by atoms with Crippen molar-refractivity contribution < 1.29 is 14.7 Å². The van der Waals surface area contributed by atoms with Crippen molar-refractivity contribution in [2.24, 2.45) is 0 Å². The standard InChI is InChI=1S/C24H26N4O3S/c1-27(24(31)11-16-5-6-22-20(10-16)26-23(30)15-32-22)21(14-28-8-7-19(29)13-28)18-4-2-3-17(9-18)12-25/h2-6,9-10,19,21,29H,7-8,11,13-15H2,1H3,(H,26,30)/t19?,21-/m1/s1. The van der Waals surface area contributed by atoms with Crippen LogP contribution in [0.4, 0.5) is 5.69 Å². The predicted octanol–water partition coefficient (Wildman–Crippen LogP) is 2.41. The molecule has 32 heavy (non-hydrogen) atoms. The van der Waals surface area contributed by atoms with Crippen LogP contribution in [0.15, 0.2) is 47.4 Å². The van der Waals surface area contributed by atoms with Crippen LogP contribution < -0.4 is 5.32 Å². The molecular weight excluding hydrogens is 424 g/mol. The van der Waals surface area contributed by atoms with Gasteiger partial charge in [-0.15, -0.1) is 11.8 Å².